The van der Waals surface area contributed by atoms with Gasteiger partial charge in [0.15, 0.2) is 11.5 Å². The molecule has 0 bridgehead atoms. The average Bonchev–Trinajstić information content (AvgIpc) is 3.15. The summed E-state index contributed by atoms with van der Waals surface area (Å²) in [7, 11) is 0. The van der Waals surface area contributed by atoms with E-state index in [1.54, 1.807) is 0 Å². The largest absolute Gasteiger partial charge is 0.486 e. The number of carbonyl (C=O) groups is 1. The van der Waals surface area contributed by atoms with Gasteiger partial charge in [-0.2, -0.15) is 0 Å². The van der Waals surface area contributed by atoms with E-state index in [4.69, 9.17) is 18.6 Å². The summed E-state index contributed by atoms with van der Waals surface area (Å²) in [6.07, 6.45) is 1.52. The van der Waals surface area contributed by atoms with Crippen molar-refractivity contribution < 1.29 is 23.4 Å². The highest BCUT2D eigenvalue weighted by molar-refractivity contribution is 9.10. The molecule has 2 aromatic carbocycles. The maximum absolute atomic E-state index is 12.2. The van der Waals surface area contributed by atoms with Gasteiger partial charge < -0.3 is 18.6 Å². The summed E-state index contributed by atoms with van der Waals surface area (Å²) in [5, 5.41) is 0. The summed E-state index contributed by atoms with van der Waals surface area (Å²) in [6, 6.07) is 13.1. The summed E-state index contributed by atoms with van der Waals surface area (Å²) in [5.41, 5.74) is 2.19. The highest BCUT2D eigenvalue weighted by Crippen LogP contribution is 2.35. The third-order valence-electron chi connectivity index (χ3n) is 4.00. The van der Waals surface area contributed by atoms with E-state index in [1.807, 2.05) is 42.5 Å². The van der Waals surface area contributed by atoms with E-state index in [1.165, 1.54) is 6.26 Å². The number of hydrogen-bond acceptors (Lipinski definition) is 6. The predicted molar refractivity (Wildman–Crippen MR) is 101 cm³/mol. The SMILES string of the molecule is O=C(Cc1coc(-c2ccccc2)n1)OCc1cc2c(cc1Br)OCCO2. The standard InChI is InChI=1S/C20H16BrNO5/c21-16-10-18-17(24-6-7-25-18)8-14(16)11-26-19(23)9-15-12-27-20(22-15)13-4-2-1-3-5-13/h1-5,8,10,12H,6-7,9,11H2. The Kier molecular flexibility index (Phi) is 5.11. The summed E-state index contributed by atoms with van der Waals surface area (Å²) in [5.74, 6) is 1.43. The first-order valence-corrected chi connectivity index (χ1v) is 9.22. The molecule has 0 saturated carbocycles. The fourth-order valence-electron chi connectivity index (χ4n) is 2.68. The first-order valence-electron chi connectivity index (χ1n) is 8.42. The van der Waals surface area contributed by atoms with E-state index in [2.05, 4.69) is 20.9 Å². The van der Waals surface area contributed by atoms with Crippen LogP contribution in [0.4, 0.5) is 0 Å². The van der Waals surface area contributed by atoms with Crippen molar-refractivity contribution in [2.45, 2.75) is 13.0 Å². The van der Waals surface area contributed by atoms with Crippen LogP contribution in [0.5, 0.6) is 11.5 Å². The van der Waals surface area contributed by atoms with Gasteiger partial charge in [0.2, 0.25) is 5.89 Å². The Morgan fingerprint density at radius 3 is 2.63 bits per heavy atom. The van der Waals surface area contributed by atoms with Crippen molar-refractivity contribution in [3.05, 3.63) is 64.5 Å². The van der Waals surface area contributed by atoms with Crippen LogP contribution in [0.2, 0.25) is 0 Å². The second-order valence-corrected chi connectivity index (χ2v) is 6.79. The Morgan fingerprint density at radius 2 is 1.85 bits per heavy atom. The Labute approximate surface area is 164 Å². The normalized spacial score (nSPS) is 12.6. The number of nitrogens with zero attached hydrogens (tertiary/aromatic N) is 1. The second-order valence-electron chi connectivity index (χ2n) is 5.93. The van der Waals surface area contributed by atoms with Crippen LogP contribution in [0.15, 0.2) is 57.6 Å². The van der Waals surface area contributed by atoms with E-state index in [-0.39, 0.29) is 19.0 Å². The molecular formula is C20H16BrNO5. The molecule has 0 amide bonds. The van der Waals surface area contributed by atoms with Crippen molar-refractivity contribution in [3.8, 4) is 23.0 Å². The van der Waals surface area contributed by atoms with Gasteiger partial charge in [-0.15, -0.1) is 0 Å². The number of halogens is 1. The monoisotopic (exact) mass is 429 g/mol. The Morgan fingerprint density at radius 1 is 1.11 bits per heavy atom. The van der Waals surface area contributed by atoms with Crippen LogP contribution in [0.3, 0.4) is 0 Å². The molecule has 7 heteroatoms. The van der Waals surface area contributed by atoms with Gasteiger partial charge in [0.25, 0.3) is 0 Å². The van der Waals surface area contributed by atoms with Crippen molar-refractivity contribution in [2.75, 3.05) is 13.2 Å². The van der Waals surface area contributed by atoms with Crippen LogP contribution in [0.1, 0.15) is 11.3 Å². The molecule has 0 atom stereocenters. The Hall–Kier alpha value is -2.80. The summed E-state index contributed by atoms with van der Waals surface area (Å²) < 4.78 is 22.7. The molecule has 4 rings (SSSR count). The van der Waals surface area contributed by atoms with Crippen LogP contribution in [-0.4, -0.2) is 24.2 Å². The quantitative estimate of drug-likeness (QED) is 0.567. The molecule has 0 fully saturated rings. The minimum absolute atomic E-state index is 0.0402. The smallest absolute Gasteiger partial charge is 0.312 e. The lowest BCUT2D eigenvalue weighted by molar-refractivity contribution is -0.144. The molecule has 3 aromatic rings. The molecule has 0 N–H and O–H groups in total. The number of rotatable bonds is 5. The van der Waals surface area contributed by atoms with Gasteiger partial charge in [-0.1, -0.05) is 34.1 Å². The van der Waals surface area contributed by atoms with E-state index >= 15 is 0 Å². The van der Waals surface area contributed by atoms with Crippen molar-refractivity contribution >= 4 is 21.9 Å². The second kappa shape index (κ2) is 7.84. The fourth-order valence-corrected chi connectivity index (χ4v) is 3.11. The van der Waals surface area contributed by atoms with E-state index in [0.29, 0.717) is 36.3 Å². The molecule has 1 aromatic heterocycles. The van der Waals surface area contributed by atoms with Gasteiger partial charge >= 0.3 is 5.97 Å². The molecule has 27 heavy (non-hydrogen) atoms. The number of esters is 1. The van der Waals surface area contributed by atoms with Crippen LogP contribution < -0.4 is 9.47 Å². The van der Waals surface area contributed by atoms with Crippen LogP contribution in [-0.2, 0) is 22.6 Å². The Balaban J connectivity index is 1.37. The molecule has 1 aliphatic rings. The highest BCUT2D eigenvalue weighted by atomic mass is 79.9. The number of benzene rings is 2. The molecule has 138 valence electrons. The fraction of sp³-hybridized carbons (Fsp3) is 0.200. The van der Waals surface area contributed by atoms with Gasteiger partial charge in [0.05, 0.1) is 12.1 Å². The van der Waals surface area contributed by atoms with Crippen LogP contribution in [0, 0.1) is 0 Å². The van der Waals surface area contributed by atoms with Crippen LogP contribution >= 0.6 is 15.9 Å². The van der Waals surface area contributed by atoms with Gasteiger partial charge in [-0.3, -0.25) is 4.79 Å². The number of aromatic nitrogens is 1. The summed E-state index contributed by atoms with van der Waals surface area (Å²) >= 11 is 3.47. The van der Waals surface area contributed by atoms with Crippen molar-refractivity contribution in [2.24, 2.45) is 0 Å². The molecule has 2 heterocycles. The van der Waals surface area contributed by atoms with Crippen molar-refractivity contribution in [3.63, 3.8) is 0 Å². The van der Waals surface area contributed by atoms with E-state index in [9.17, 15) is 4.79 Å². The lowest BCUT2D eigenvalue weighted by Crippen LogP contribution is -2.16. The molecule has 0 aliphatic carbocycles. The zero-order valence-corrected chi connectivity index (χ0v) is 15.9. The number of fused-ring (bicyclic) bond motifs is 1. The van der Waals surface area contributed by atoms with Gasteiger partial charge in [-0.05, 0) is 24.3 Å². The zero-order chi connectivity index (χ0) is 18.6. The number of oxazole rings is 1. The lowest BCUT2D eigenvalue weighted by atomic mass is 10.2. The Bertz CT molecular complexity index is 954. The highest BCUT2D eigenvalue weighted by Gasteiger charge is 2.17. The number of hydrogen-bond donors (Lipinski definition) is 0. The number of ether oxygens (including phenoxy) is 3. The minimum atomic E-state index is -0.385. The zero-order valence-electron chi connectivity index (χ0n) is 14.3. The maximum Gasteiger partial charge on any atom is 0.312 e. The molecule has 0 spiro atoms. The third-order valence-corrected chi connectivity index (χ3v) is 4.74. The lowest BCUT2D eigenvalue weighted by Gasteiger charge is -2.19. The van der Waals surface area contributed by atoms with E-state index < -0.39 is 0 Å². The van der Waals surface area contributed by atoms with Gasteiger partial charge in [0.1, 0.15) is 26.1 Å². The minimum Gasteiger partial charge on any atom is -0.486 e. The molecule has 1 aliphatic heterocycles. The van der Waals surface area contributed by atoms with Crippen molar-refractivity contribution in [1.29, 1.82) is 0 Å². The predicted octanol–water partition coefficient (Wildman–Crippen LogP) is 4.16. The van der Waals surface area contributed by atoms with Gasteiger partial charge in [0, 0.05) is 15.6 Å². The molecule has 0 radical (unpaired) electrons. The molecule has 0 unspecified atom stereocenters. The topological polar surface area (TPSA) is 70.8 Å². The van der Waals surface area contributed by atoms with Crippen LogP contribution in [0.25, 0.3) is 11.5 Å². The molecule has 0 saturated heterocycles. The summed E-state index contributed by atoms with van der Waals surface area (Å²) in [6.45, 7) is 1.15. The first-order chi connectivity index (χ1) is 13.2. The number of carbonyl (C=O) groups excluding carboxylic acids is 1. The maximum atomic E-state index is 12.2. The van der Waals surface area contributed by atoms with E-state index in [0.717, 1.165) is 15.6 Å². The van der Waals surface area contributed by atoms with Gasteiger partial charge in [-0.25, -0.2) is 4.98 Å². The first kappa shape index (κ1) is 17.6. The average molecular weight is 430 g/mol. The molecule has 6 nitrogen and oxygen atoms in total. The third kappa shape index (κ3) is 4.14. The molecular weight excluding hydrogens is 414 g/mol. The summed E-state index contributed by atoms with van der Waals surface area (Å²) in [4.78, 5) is 16.5. The van der Waals surface area contributed by atoms with Crippen molar-refractivity contribution in [1.82, 2.24) is 4.98 Å².